The van der Waals surface area contributed by atoms with E-state index in [9.17, 15) is 24.3 Å². The van der Waals surface area contributed by atoms with Crippen LogP contribution in [0, 0.1) is 5.41 Å². The van der Waals surface area contributed by atoms with Gasteiger partial charge in [-0.05, 0) is 87.3 Å². The number of methoxy groups -OCH3 is 2. The summed E-state index contributed by atoms with van der Waals surface area (Å²) in [6.45, 7) is 4.23. The van der Waals surface area contributed by atoms with Crippen LogP contribution in [0.25, 0.3) is 0 Å². The standard InChI is InChI=1S/C40H45N5O7S/c1-51-34-20-28(22-42-25-53-23-33(42)37(47)44-18-17-43(29-11-12-29)31-5-3-4-6-32(31)44)35(52-2)19-27(34)21-41-15-13-40(14-16-41)24-45(38(48)36(40)46)30-9-7-26(8-10-30)39(49)50/h3-10,19-20,29,33H,11-18,21-25H2,1-2H3,(H,49,50)/t33-/m1/s1. The molecule has 5 aliphatic rings. The Morgan fingerprint density at radius 3 is 2.17 bits per heavy atom. The summed E-state index contributed by atoms with van der Waals surface area (Å²) in [5.41, 5.74) is 3.98. The van der Waals surface area contributed by atoms with Gasteiger partial charge in [-0.3, -0.25) is 24.2 Å². The number of hydrogen-bond acceptors (Lipinski definition) is 10. The number of ketones is 1. The molecule has 13 heteroatoms. The fraction of sp³-hybridized carbons (Fsp3) is 0.450. The van der Waals surface area contributed by atoms with Gasteiger partial charge in [0.25, 0.3) is 5.91 Å². The molecule has 12 nitrogen and oxygen atoms in total. The molecule has 4 heterocycles. The Hall–Kier alpha value is -4.59. The van der Waals surface area contributed by atoms with Crippen LogP contribution in [0.1, 0.15) is 47.2 Å². The lowest BCUT2D eigenvalue weighted by Gasteiger charge is -2.39. The van der Waals surface area contributed by atoms with Crippen molar-refractivity contribution in [3.05, 3.63) is 77.4 Å². The molecular weight excluding hydrogens is 695 g/mol. The first-order valence-corrected chi connectivity index (χ1v) is 19.5. The van der Waals surface area contributed by atoms with Gasteiger partial charge in [-0.25, -0.2) is 4.79 Å². The van der Waals surface area contributed by atoms with E-state index in [0.29, 0.717) is 57.3 Å². The summed E-state index contributed by atoms with van der Waals surface area (Å²) in [5, 5.41) is 9.24. The average molecular weight is 740 g/mol. The van der Waals surface area contributed by atoms with Crippen molar-refractivity contribution in [3.8, 4) is 11.5 Å². The van der Waals surface area contributed by atoms with Crippen molar-refractivity contribution in [2.45, 2.75) is 50.9 Å². The third-order valence-electron chi connectivity index (χ3n) is 11.6. The van der Waals surface area contributed by atoms with Gasteiger partial charge in [0.2, 0.25) is 11.7 Å². The van der Waals surface area contributed by atoms with Gasteiger partial charge < -0.3 is 29.3 Å². The third-order valence-corrected chi connectivity index (χ3v) is 12.7. The lowest BCUT2D eigenvalue weighted by Crippen LogP contribution is -2.52. The van der Waals surface area contributed by atoms with Crippen LogP contribution < -0.4 is 24.2 Å². The number of para-hydroxylation sites is 2. The molecule has 0 unspecified atom stereocenters. The van der Waals surface area contributed by atoms with Crippen LogP contribution in [0.2, 0.25) is 0 Å². The van der Waals surface area contributed by atoms with Gasteiger partial charge in [0.15, 0.2) is 0 Å². The van der Waals surface area contributed by atoms with Crippen molar-refractivity contribution in [2.24, 2.45) is 5.41 Å². The number of carboxylic acids is 1. The zero-order chi connectivity index (χ0) is 36.9. The summed E-state index contributed by atoms with van der Waals surface area (Å²) in [4.78, 5) is 62.4. The van der Waals surface area contributed by atoms with Gasteiger partial charge in [0.1, 0.15) is 11.5 Å². The molecule has 2 amide bonds. The van der Waals surface area contributed by atoms with Crippen LogP contribution in [0.15, 0.2) is 60.7 Å². The van der Waals surface area contributed by atoms with Crippen LogP contribution in [0.4, 0.5) is 17.1 Å². The highest BCUT2D eigenvalue weighted by Crippen LogP contribution is 2.43. The molecule has 53 heavy (non-hydrogen) atoms. The quantitative estimate of drug-likeness (QED) is 0.296. The maximum absolute atomic E-state index is 14.2. The smallest absolute Gasteiger partial charge is 0.335 e. The third kappa shape index (κ3) is 6.63. The molecule has 3 saturated heterocycles. The van der Waals surface area contributed by atoms with Gasteiger partial charge in [-0.2, -0.15) is 0 Å². The van der Waals surface area contributed by atoms with E-state index in [4.69, 9.17) is 9.47 Å². The zero-order valence-corrected chi connectivity index (χ0v) is 31.0. The van der Waals surface area contributed by atoms with Crippen LogP contribution in [-0.2, 0) is 27.5 Å². The fourth-order valence-electron chi connectivity index (χ4n) is 8.46. The molecule has 3 aromatic rings. The maximum Gasteiger partial charge on any atom is 0.335 e. The highest BCUT2D eigenvalue weighted by Gasteiger charge is 2.53. The first-order valence-electron chi connectivity index (χ1n) is 18.3. The summed E-state index contributed by atoms with van der Waals surface area (Å²) >= 11 is 1.78. The Labute approximate surface area is 313 Å². The van der Waals surface area contributed by atoms with Crippen LogP contribution in [0.5, 0.6) is 11.5 Å². The highest BCUT2D eigenvalue weighted by atomic mass is 32.2. The molecule has 1 N–H and O–H groups in total. The lowest BCUT2D eigenvalue weighted by atomic mass is 9.76. The molecular formula is C40H45N5O7S. The number of benzene rings is 3. The van der Waals surface area contributed by atoms with E-state index in [0.717, 1.165) is 52.2 Å². The molecule has 0 aromatic heterocycles. The zero-order valence-electron chi connectivity index (χ0n) is 30.2. The van der Waals surface area contributed by atoms with Crippen molar-refractivity contribution in [3.63, 3.8) is 0 Å². The number of fused-ring (bicyclic) bond motifs is 1. The van der Waals surface area contributed by atoms with Crippen molar-refractivity contribution in [1.29, 1.82) is 0 Å². The molecule has 278 valence electrons. The van der Waals surface area contributed by atoms with Gasteiger partial charge in [0, 0.05) is 67.2 Å². The molecule has 1 atom stereocenters. The van der Waals surface area contributed by atoms with Gasteiger partial charge in [-0.15, -0.1) is 11.8 Å². The number of hydrogen-bond donors (Lipinski definition) is 1. The molecule has 1 aliphatic carbocycles. The Kier molecular flexibility index (Phi) is 9.58. The minimum Gasteiger partial charge on any atom is -0.496 e. The van der Waals surface area contributed by atoms with Crippen LogP contribution in [-0.4, -0.2) is 109 Å². The Morgan fingerprint density at radius 2 is 1.53 bits per heavy atom. The summed E-state index contributed by atoms with van der Waals surface area (Å²) in [7, 11) is 3.33. The van der Waals surface area contributed by atoms with Crippen molar-refractivity contribution >= 4 is 52.4 Å². The predicted octanol–water partition coefficient (Wildman–Crippen LogP) is 4.49. The number of carbonyl (C=O) groups excluding carboxylic acids is 3. The van der Waals surface area contributed by atoms with Crippen molar-refractivity contribution in [1.82, 2.24) is 9.80 Å². The number of piperidine rings is 1. The molecule has 0 radical (unpaired) electrons. The lowest BCUT2D eigenvalue weighted by molar-refractivity contribution is -0.139. The summed E-state index contributed by atoms with van der Waals surface area (Å²) in [6.07, 6.45) is 3.52. The maximum atomic E-state index is 14.2. The number of amides is 2. The number of carbonyl (C=O) groups is 4. The van der Waals surface area contributed by atoms with E-state index in [1.807, 2.05) is 23.1 Å². The van der Waals surface area contributed by atoms with Crippen molar-refractivity contribution in [2.75, 3.05) is 73.3 Å². The molecule has 8 rings (SSSR count). The van der Waals surface area contributed by atoms with Crippen LogP contribution in [0.3, 0.4) is 0 Å². The fourth-order valence-corrected chi connectivity index (χ4v) is 9.65. The monoisotopic (exact) mass is 739 g/mol. The number of anilines is 3. The van der Waals surface area contributed by atoms with Gasteiger partial charge in [0.05, 0.1) is 42.6 Å². The minimum absolute atomic E-state index is 0.128. The highest BCUT2D eigenvalue weighted by molar-refractivity contribution is 7.99. The number of likely N-dealkylation sites (tertiary alicyclic amines) is 1. The normalized spacial score (nSPS) is 21.7. The first-order chi connectivity index (χ1) is 25.7. The molecule has 1 saturated carbocycles. The SMILES string of the molecule is COc1cc(CN2CSC[C@@H]2C(=O)N2CCN(C3CC3)c3ccccc32)c(OC)cc1CN1CCC2(CC1)CN(c1ccc(C(=O)O)cc1)C(=O)C2=O. The molecule has 1 spiro atoms. The van der Waals surface area contributed by atoms with E-state index in [1.165, 1.54) is 29.9 Å². The van der Waals surface area contributed by atoms with Gasteiger partial charge in [-0.1, -0.05) is 12.1 Å². The van der Waals surface area contributed by atoms with E-state index in [1.54, 1.807) is 38.1 Å². The van der Waals surface area contributed by atoms with Crippen LogP contribution >= 0.6 is 11.8 Å². The van der Waals surface area contributed by atoms with E-state index in [2.05, 4.69) is 32.9 Å². The summed E-state index contributed by atoms with van der Waals surface area (Å²) < 4.78 is 11.8. The van der Waals surface area contributed by atoms with E-state index < -0.39 is 17.3 Å². The van der Waals surface area contributed by atoms with E-state index in [-0.39, 0.29) is 29.8 Å². The second kappa shape index (κ2) is 14.3. The number of Topliss-reactive ketones (excluding diaryl/α,β-unsaturated/α-hetero) is 1. The largest absolute Gasteiger partial charge is 0.496 e. The molecule has 0 bridgehead atoms. The Morgan fingerprint density at radius 1 is 0.868 bits per heavy atom. The van der Waals surface area contributed by atoms with Gasteiger partial charge >= 0.3 is 5.97 Å². The second-order valence-electron chi connectivity index (χ2n) is 14.8. The predicted molar refractivity (Wildman–Crippen MR) is 203 cm³/mol. The van der Waals surface area contributed by atoms with Crippen molar-refractivity contribution < 1.29 is 33.8 Å². The number of aromatic carboxylic acids is 1. The molecule has 3 aromatic carbocycles. The molecule has 4 fully saturated rings. The number of thioether (sulfide) groups is 1. The Balaban J connectivity index is 0.933. The first kappa shape index (κ1) is 35.4. The number of rotatable bonds is 10. The summed E-state index contributed by atoms with van der Waals surface area (Å²) in [6, 6.07) is 18.8. The minimum atomic E-state index is -1.04. The molecule has 4 aliphatic heterocycles. The second-order valence-corrected chi connectivity index (χ2v) is 15.8. The average Bonchev–Trinajstić information content (AvgIpc) is 3.88. The summed E-state index contributed by atoms with van der Waals surface area (Å²) in [5.74, 6) is 1.15. The number of carboxylic acid groups (broad SMARTS) is 1. The van der Waals surface area contributed by atoms with E-state index >= 15 is 0 Å². The Bertz CT molecular complexity index is 1930. The topological polar surface area (TPSA) is 123 Å². The number of ether oxygens (including phenoxy) is 2. The number of nitrogens with zero attached hydrogens (tertiary/aromatic N) is 5.